The van der Waals surface area contributed by atoms with Gasteiger partial charge in [-0.25, -0.2) is 4.79 Å². The van der Waals surface area contributed by atoms with Crippen molar-refractivity contribution in [2.45, 2.75) is 32.5 Å². The van der Waals surface area contributed by atoms with Crippen molar-refractivity contribution in [3.8, 4) is 0 Å². The second kappa shape index (κ2) is 10.8. The Balaban J connectivity index is 0.00000288. The molecule has 0 fully saturated rings. The van der Waals surface area contributed by atoms with Gasteiger partial charge < -0.3 is 9.84 Å². The molecule has 0 aliphatic heterocycles. The summed E-state index contributed by atoms with van der Waals surface area (Å²) in [4.78, 5) is 15.6. The number of aromatic nitrogens is 1. The van der Waals surface area contributed by atoms with E-state index in [1.165, 1.54) is 0 Å². The van der Waals surface area contributed by atoms with Crippen LogP contribution in [0.15, 0.2) is 53.3 Å². The molecule has 1 aromatic carbocycles. The van der Waals surface area contributed by atoms with Crippen LogP contribution >= 0.6 is 15.9 Å². The van der Waals surface area contributed by atoms with Crippen molar-refractivity contribution >= 4 is 73.3 Å². The number of rotatable bonds is 7. The van der Waals surface area contributed by atoms with Crippen LogP contribution in [0.25, 0.3) is 0 Å². The molecule has 4 nitrogen and oxygen atoms in total. The van der Waals surface area contributed by atoms with E-state index in [1.807, 2.05) is 50.2 Å². The van der Waals surface area contributed by atoms with Crippen molar-refractivity contribution in [3.05, 3.63) is 64.4 Å². The summed E-state index contributed by atoms with van der Waals surface area (Å²) in [5.74, 6) is -0.700. The van der Waals surface area contributed by atoms with E-state index in [1.54, 1.807) is 12.4 Å². The molecular weight excluding hydrogens is 397 g/mol. The SMILES string of the molecule is CC(C)CC(OC(c1ccncc1)c1ccc(Br)cc1)C(=O)O.[KH]. The van der Waals surface area contributed by atoms with E-state index in [0.29, 0.717) is 6.42 Å². The Labute approximate surface area is 193 Å². The van der Waals surface area contributed by atoms with Gasteiger partial charge in [0.15, 0.2) is 6.10 Å². The van der Waals surface area contributed by atoms with Gasteiger partial charge in [0.1, 0.15) is 6.10 Å². The van der Waals surface area contributed by atoms with Crippen molar-refractivity contribution in [1.82, 2.24) is 4.98 Å². The normalized spacial score (nSPS) is 13.2. The molecule has 0 amide bonds. The van der Waals surface area contributed by atoms with Crippen LogP contribution in [0.5, 0.6) is 0 Å². The average molecular weight is 418 g/mol. The fourth-order valence-electron chi connectivity index (χ4n) is 2.33. The molecule has 0 spiro atoms. The molecule has 24 heavy (non-hydrogen) atoms. The van der Waals surface area contributed by atoms with Crippen molar-refractivity contribution in [3.63, 3.8) is 0 Å². The summed E-state index contributed by atoms with van der Waals surface area (Å²) in [5.41, 5.74) is 1.80. The van der Waals surface area contributed by atoms with Crippen LogP contribution in [0.3, 0.4) is 0 Å². The molecule has 0 saturated carbocycles. The first-order valence-corrected chi connectivity index (χ1v) is 8.30. The molecule has 2 aromatic rings. The Morgan fingerprint density at radius 1 is 1.12 bits per heavy atom. The minimum absolute atomic E-state index is 0. The van der Waals surface area contributed by atoms with E-state index in [9.17, 15) is 9.90 Å². The molecule has 1 heterocycles. The number of carbonyl (C=O) groups is 1. The van der Waals surface area contributed by atoms with Crippen LogP contribution in [-0.2, 0) is 9.53 Å². The van der Waals surface area contributed by atoms with Gasteiger partial charge >= 0.3 is 57.4 Å². The standard InChI is InChI=1S/C18H20BrNO3.K.H/c1-12(2)11-16(18(21)22)23-17(14-7-9-20-10-8-14)13-3-5-15(19)6-4-13;;/h3-10,12,16-17H,11H2,1-2H3,(H,21,22);;. The molecule has 124 valence electrons. The number of hydrogen-bond donors (Lipinski definition) is 1. The van der Waals surface area contributed by atoms with Gasteiger partial charge in [-0.05, 0) is 47.7 Å². The Bertz CT molecular complexity index is 634. The number of ether oxygens (including phenoxy) is 1. The average Bonchev–Trinajstić information content (AvgIpc) is 2.53. The zero-order valence-corrected chi connectivity index (χ0v) is 14.7. The summed E-state index contributed by atoms with van der Waals surface area (Å²) in [7, 11) is 0. The molecule has 2 atom stereocenters. The molecule has 2 unspecified atom stereocenters. The Morgan fingerprint density at radius 3 is 2.17 bits per heavy atom. The van der Waals surface area contributed by atoms with Crippen molar-refractivity contribution in [2.75, 3.05) is 0 Å². The number of pyridine rings is 1. The zero-order valence-electron chi connectivity index (χ0n) is 13.1. The Morgan fingerprint density at radius 2 is 1.67 bits per heavy atom. The number of carboxylic acids is 1. The van der Waals surface area contributed by atoms with Gasteiger partial charge in [0.2, 0.25) is 0 Å². The summed E-state index contributed by atoms with van der Waals surface area (Å²) in [6.45, 7) is 3.97. The van der Waals surface area contributed by atoms with Crippen LogP contribution in [0, 0.1) is 5.92 Å². The quantitative estimate of drug-likeness (QED) is 0.695. The van der Waals surface area contributed by atoms with E-state index in [4.69, 9.17) is 4.74 Å². The van der Waals surface area contributed by atoms with Gasteiger partial charge in [-0.15, -0.1) is 0 Å². The first kappa shape index (κ1) is 22.0. The molecule has 2 rings (SSSR count). The second-order valence-electron chi connectivity index (χ2n) is 5.80. The van der Waals surface area contributed by atoms with Crippen molar-refractivity contribution in [2.24, 2.45) is 5.92 Å². The molecule has 0 radical (unpaired) electrons. The third-order valence-corrected chi connectivity index (χ3v) is 3.97. The van der Waals surface area contributed by atoms with Crippen molar-refractivity contribution < 1.29 is 14.6 Å². The van der Waals surface area contributed by atoms with E-state index in [2.05, 4.69) is 20.9 Å². The fraction of sp³-hybridized carbons (Fsp3) is 0.333. The molecule has 0 aliphatic rings. The van der Waals surface area contributed by atoms with Crippen LogP contribution in [0.2, 0.25) is 0 Å². The van der Waals surface area contributed by atoms with E-state index >= 15 is 0 Å². The van der Waals surface area contributed by atoms with Gasteiger partial charge in [-0.1, -0.05) is 41.9 Å². The summed E-state index contributed by atoms with van der Waals surface area (Å²) < 4.78 is 6.96. The summed E-state index contributed by atoms with van der Waals surface area (Å²) in [6.07, 6.45) is 2.54. The Kier molecular flexibility index (Phi) is 9.89. The monoisotopic (exact) mass is 417 g/mol. The number of hydrogen-bond acceptors (Lipinski definition) is 3. The molecular formula is C18H21BrKNO3. The number of halogens is 1. The number of nitrogens with zero attached hydrogens (tertiary/aromatic N) is 1. The summed E-state index contributed by atoms with van der Waals surface area (Å²) >= 11 is 3.41. The minimum atomic E-state index is -0.935. The molecule has 0 saturated heterocycles. The van der Waals surface area contributed by atoms with Gasteiger partial charge in [0.25, 0.3) is 0 Å². The first-order chi connectivity index (χ1) is 11.0. The third kappa shape index (κ3) is 6.67. The predicted molar refractivity (Wildman–Crippen MR) is 99.3 cm³/mol. The second-order valence-corrected chi connectivity index (χ2v) is 6.72. The molecule has 1 aromatic heterocycles. The third-order valence-electron chi connectivity index (χ3n) is 3.44. The van der Waals surface area contributed by atoms with Gasteiger partial charge in [-0.2, -0.15) is 0 Å². The maximum absolute atomic E-state index is 11.5. The summed E-state index contributed by atoms with van der Waals surface area (Å²) in [6, 6.07) is 11.4. The number of carboxylic acid groups (broad SMARTS) is 1. The molecule has 0 aliphatic carbocycles. The molecule has 6 heteroatoms. The van der Waals surface area contributed by atoms with Crippen molar-refractivity contribution in [1.29, 1.82) is 0 Å². The van der Waals surface area contributed by atoms with Crippen LogP contribution in [-0.4, -0.2) is 73.5 Å². The maximum atomic E-state index is 11.5. The van der Waals surface area contributed by atoms with E-state index < -0.39 is 18.2 Å². The topological polar surface area (TPSA) is 59.4 Å². The van der Waals surface area contributed by atoms with Gasteiger partial charge in [0, 0.05) is 16.9 Å². The van der Waals surface area contributed by atoms with Crippen LogP contribution < -0.4 is 0 Å². The van der Waals surface area contributed by atoms with Gasteiger partial charge in [-0.3, -0.25) is 4.98 Å². The van der Waals surface area contributed by atoms with E-state index in [-0.39, 0.29) is 57.3 Å². The molecule has 1 N–H and O–H groups in total. The summed E-state index contributed by atoms with van der Waals surface area (Å²) in [5, 5.41) is 9.46. The molecule has 0 bridgehead atoms. The van der Waals surface area contributed by atoms with Crippen LogP contribution in [0.1, 0.15) is 37.5 Å². The fourth-order valence-corrected chi connectivity index (χ4v) is 2.60. The Hall–Kier alpha value is -0.0836. The van der Waals surface area contributed by atoms with E-state index in [0.717, 1.165) is 15.6 Å². The first-order valence-electron chi connectivity index (χ1n) is 7.51. The number of aliphatic carboxylic acids is 1. The zero-order chi connectivity index (χ0) is 16.8. The number of benzene rings is 1. The van der Waals surface area contributed by atoms with Crippen LogP contribution in [0.4, 0.5) is 0 Å². The predicted octanol–water partition coefficient (Wildman–Crippen LogP) is 3.80. The van der Waals surface area contributed by atoms with Gasteiger partial charge in [0.05, 0.1) is 0 Å².